The molecule has 6 heterocycles. The van der Waals surface area contributed by atoms with Crippen molar-refractivity contribution >= 4 is 138 Å². The Morgan fingerprint density at radius 3 is 1.44 bits per heavy atom. The summed E-state index contributed by atoms with van der Waals surface area (Å²) in [5.41, 5.74) is 15.0. The standard InChI is InChI=1S/C66H39N3O4/c1-3-18-38(19-4-1)67(50-30-16-26-44-40-22-7-11-32-54(40)70-63(44)50)52-36-48-42-24-9-13-34-56(42)72-65(48)61-58(52)46-28-15-29-47-59-53(37-49-43-25-10-14-35-57(43)73-66(49)62(59)69(61)60(46)47)68(39-20-5-2-6-21-39)51-31-17-27-45-41-23-8-12-33-55(41)71-64(45)51/h1-37,40,54H. The van der Waals surface area contributed by atoms with Gasteiger partial charge in [-0.15, -0.1) is 0 Å². The molecule has 0 saturated carbocycles. The summed E-state index contributed by atoms with van der Waals surface area (Å²) >= 11 is 0. The van der Waals surface area contributed by atoms with Gasteiger partial charge in [-0.05, 0) is 72.8 Å². The minimum Gasteiger partial charge on any atom is -0.483 e. The molecule has 73 heavy (non-hydrogen) atoms. The number of furan rings is 3. The lowest BCUT2D eigenvalue weighted by Crippen LogP contribution is -2.16. The minimum absolute atomic E-state index is 0.0830. The second-order valence-electron chi connectivity index (χ2n) is 19.4. The van der Waals surface area contributed by atoms with Crippen LogP contribution in [0.1, 0.15) is 11.5 Å². The third-order valence-corrected chi connectivity index (χ3v) is 15.6. The minimum atomic E-state index is -0.0830. The van der Waals surface area contributed by atoms with Gasteiger partial charge < -0.3 is 32.2 Å². The molecule has 0 N–H and O–H groups in total. The summed E-state index contributed by atoms with van der Waals surface area (Å²) in [4.78, 5) is 4.79. The summed E-state index contributed by atoms with van der Waals surface area (Å²) in [6.45, 7) is 0. The third kappa shape index (κ3) is 5.22. The number of rotatable bonds is 6. The van der Waals surface area contributed by atoms with Crippen LogP contribution >= 0.6 is 0 Å². The average molecular weight is 938 g/mol. The molecule has 7 heteroatoms. The first-order chi connectivity index (χ1) is 36.2. The number of fused-ring (bicyclic) bond motifs is 20. The number of aromatic nitrogens is 1. The zero-order valence-electron chi connectivity index (χ0n) is 39.0. The number of benzene rings is 10. The molecule has 7 nitrogen and oxygen atoms in total. The first kappa shape index (κ1) is 39.1. The molecule has 5 aromatic heterocycles. The van der Waals surface area contributed by atoms with Crippen LogP contribution in [0, 0.1) is 0 Å². The average Bonchev–Trinajstić information content (AvgIpc) is 4.32. The summed E-state index contributed by atoms with van der Waals surface area (Å²) < 4.78 is 30.7. The number of ether oxygens (including phenoxy) is 1. The summed E-state index contributed by atoms with van der Waals surface area (Å²) in [6.07, 6.45) is 8.57. The highest BCUT2D eigenvalue weighted by Crippen LogP contribution is 2.57. The Kier molecular flexibility index (Phi) is 7.72. The maximum Gasteiger partial charge on any atom is 0.160 e. The molecule has 342 valence electrons. The van der Waals surface area contributed by atoms with E-state index in [0.717, 1.165) is 144 Å². The van der Waals surface area contributed by atoms with Gasteiger partial charge in [0.15, 0.2) is 16.7 Å². The molecule has 1 aliphatic carbocycles. The summed E-state index contributed by atoms with van der Waals surface area (Å²) in [5, 5.41) is 10.5. The van der Waals surface area contributed by atoms with E-state index in [1.807, 2.05) is 6.07 Å². The Labute approximate surface area is 416 Å². The van der Waals surface area contributed by atoms with Gasteiger partial charge >= 0.3 is 0 Å². The van der Waals surface area contributed by atoms with Crippen molar-refractivity contribution in [2.45, 2.75) is 12.0 Å². The molecule has 0 bridgehead atoms. The molecule has 0 saturated heterocycles. The van der Waals surface area contributed by atoms with Crippen molar-refractivity contribution in [2.24, 2.45) is 0 Å². The number of anilines is 6. The largest absolute Gasteiger partial charge is 0.483 e. The molecule has 15 aromatic rings. The quantitative estimate of drug-likeness (QED) is 0.166. The van der Waals surface area contributed by atoms with Crippen molar-refractivity contribution in [3.8, 4) is 5.75 Å². The number of para-hydroxylation sites is 8. The summed E-state index contributed by atoms with van der Waals surface area (Å²) in [5.74, 6) is 1.01. The zero-order valence-corrected chi connectivity index (χ0v) is 39.0. The van der Waals surface area contributed by atoms with E-state index in [9.17, 15) is 0 Å². The van der Waals surface area contributed by atoms with E-state index in [0.29, 0.717) is 0 Å². The Morgan fingerprint density at radius 2 is 0.822 bits per heavy atom. The predicted octanol–water partition coefficient (Wildman–Crippen LogP) is 18.4. The van der Waals surface area contributed by atoms with Gasteiger partial charge in [-0.1, -0.05) is 152 Å². The fourth-order valence-electron chi connectivity index (χ4n) is 12.6. The number of hydrogen-bond donors (Lipinski definition) is 0. The number of allylic oxidation sites excluding steroid dienone is 2. The molecule has 0 amide bonds. The molecule has 17 rings (SSSR count). The Balaban J connectivity index is 1.07. The Bertz CT molecular complexity index is 4860. The zero-order chi connectivity index (χ0) is 47.5. The van der Waals surface area contributed by atoms with E-state index in [1.54, 1.807) is 0 Å². The van der Waals surface area contributed by atoms with E-state index in [-0.39, 0.29) is 12.0 Å². The van der Waals surface area contributed by atoms with Gasteiger partial charge in [-0.25, -0.2) is 0 Å². The fraction of sp³-hybridized carbons (Fsp3) is 0.0303. The van der Waals surface area contributed by atoms with Gasteiger partial charge in [0.1, 0.15) is 39.6 Å². The number of nitrogens with zero attached hydrogens (tertiary/aromatic N) is 3. The molecule has 0 radical (unpaired) electrons. The van der Waals surface area contributed by atoms with Crippen molar-refractivity contribution in [1.29, 1.82) is 0 Å². The number of hydrogen-bond acceptors (Lipinski definition) is 6. The van der Waals surface area contributed by atoms with Gasteiger partial charge in [0.2, 0.25) is 0 Å². The molecule has 2 atom stereocenters. The van der Waals surface area contributed by atoms with Gasteiger partial charge in [0, 0.05) is 76.7 Å². The topological polar surface area (TPSA) is 59.5 Å². The lowest BCUT2D eigenvalue weighted by molar-refractivity contribution is 0.269. The van der Waals surface area contributed by atoms with Crippen LogP contribution in [-0.4, -0.2) is 10.5 Å². The molecule has 0 fully saturated rings. The molecule has 10 aromatic carbocycles. The van der Waals surface area contributed by atoms with Gasteiger partial charge in [-0.2, -0.15) is 0 Å². The molecule has 2 unspecified atom stereocenters. The fourth-order valence-corrected chi connectivity index (χ4v) is 12.6. The van der Waals surface area contributed by atoms with Crippen molar-refractivity contribution in [3.05, 3.63) is 230 Å². The molecule has 2 aliphatic rings. The molecule has 0 spiro atoms. The van der Waals surface area contributed by atoms with Crippen LogP contribution in [0.5, 0.6) is 5.75 Å². The molecular weight excluding hydrogens is 899 g/mol. The van der Waals surface area contributed by atoms with E-state index in [2.05, 4.69) is 233 Å². The summed E-state index contributed by atoms with van der Waals surface area (Å²) in [6, 6.07) is 71.0. The van der Waals surface area contributed by atoms with Gasteiger partial charge in [0.25, 0.3) is 0 Å². The van der Waals surface area contributed by atoms with E-state index in [4.69, 9.17) is 18.0 Å². The van der Waals surface area contributed by atoms with Gasteiger partial charge in [0.05, 0.1) is 28.3 Å². The van der Waals surface area contributed by atoms with Crippen LogP contribution in [0.15, 0.2) is 238 Å². The van der Waals surface area contributed by atoms with E-state index >= 15 is 0 Å². The summed E-state index contributed by atoms with van der Waals surface area (Å²) in [7, 11) is 0. The van der Waals surface area contributed by atoms with Crippen LogP contribution in [0.3, 0.4) is 0 Å². The van der Waals surface area contributed by atoms with Crippen LogP contribution < -0.4 is 14.5 Å². The highest BCUT2D eigenvalue weighted by molar-refractivity contribution is 6.36. The van der Waals surface area contributed by atoms with Crippen molar-refractivity contribution < 1.29 is 18.0 Å². The van der Waals surface area contributed by atoms with Crippen LogP contribution in [-0.2, 0) is 0 Å². The van der Waals surface area contributed by atoms with Crippen LogP contribution in [0.25, 0.3) is 104 Å². The lowest BCUT2D eigenvalue weighted by Gasteiger charge is -2.28. The van der Waals surface area contributed by atoms with E-state index in [1.165, 1.54) is 5.56 Å². The first-order valence-electron chi connectivity index (χ1n) is 24.9. The van der Waals surface area contributed by atoms with Gasteiger partial charge in [-0.3, -0.25) is 0 Å². The smallest absolute Gasteiger partial charge is 0.160 e. The second-order valence-corrected chi connectivity index (χ2v) is 19.4. The monoisotopic (exact) mass is 937 g/mol. The normalized spacial score (nSPS) is 15.4. The van der Waals surface area contributed by atoms with Crippen LogP contribution in [0.2, 0.25) is 0 Å². The van der Waals surface area contributed by atoms with E-state index < -0.39 is 0 Å². The highest BCUT2D eigenvalue weighted by Gasteiger charge is 2.37. The molecular formula is C66H39N3O4. The molecule has 1 aliphatic heterocycles. The SMILES string of the molecule is C1=CC2Oc3c(cccc3N(c3ccccc3)c3cc4c5ccccc5oc4c4c3c3cccc5c6c(N(c7ccccc7)c7cccc8c7oc7ccccc78)cc7c8ccccc8oc7c6n4c35)C2C=C1. The lowest BCUT2D eigenvalue weighted by atomic mass is 9.91. The maximum absolute atomic E-state index is 7.19. The van der Waals surface area contributed by atoms with Crippen LogP contribution in [0.4, 0.5) is 34.1 Å². The van der Waals surface area contributed by atoms with Crippen molar-refractivity contribution in [1.82, 2.24) is 4.40 Å². The maximum atomic E-state index is 7.19. The first-order valence-corrected chi connectivity index (χ1v) is 24.9. The highest BCUT2D eigenvalue weighted by atomic mass is 16.5. The predicted molar refractivity (Wildman–Crippen MR) is 298 cm³/mol. The Hall–Kier alpha value is -9.72. The third-order valence-electron chi connectivity index (χ3n) is 15.6. The second kappa shape index (κ2) is 14.4. The van der Waals surface area contributed by atoms with Crippen molar-refractivity contribution in [3.63, 3.8) is 0 Å². The van der Waals surface area contributed by atoms with Crippen molar-refractivity contribution in [2.75, 3.05) is 9.80 Å². The Morgan fingerprint density at radius 1 is 0.356 bits per heavy atom.